The molecule has 0 aliphatic carbocycles. The van der Waals surface area contributed by atoms with Gasteiger partial charge in [0.15, 0.2) is 0 Å². The average molecular weight is 334 g/mol. The molecule has 0 atom stereocenters. The number of rotatable bonds is 4. The van der Waals surface area contributed by atoms with Gasteiger partial charge in [-0.05, 0) is 43.3 Å². The minimum Gasteiger partial charge on any atom is -0.478 e. The van der Waals surface area contributed by atoms with Crippen LogP contribution in [0.1, 0.15) is 26.4 Å². The number of anilines is 1. The molecule has 0 radical (unpaired) electrons. The van der Waals surface area contributed by atoms with Gasteiger partial charge >= 0.3 is 5.97 Å². The maximum atomic E-state index is 12.2. The van der Waals surface area contributed by atoms with E-state index < -0.39 is 5.97 Å². The summed E-state index contributed by atoms with van der Waals surface area (Å²) in [6, 6.07) is 13.5. The van der Waals surface area contributed by atoms with Gasteiger partial charge in [0.25, 0.3) is 5.91 Å². The fourth-order valence-corrected chi connectivity index (χ4v) is 2.13. The van der Waals surface area contributed by atoms with Crippen LogP contribution in [0.25, 0.3) is 11.3 Å². The van der Waals surface area contributed by atoms with Gasteiger partial charge in [-0.15, -0.1) is 0 Å². The van der Waals surface area contributed by atoms with Crippen LogP contribution in [-0.4, -0.2) is 32.2 Å². The molecular weight excluding hydrogens is 320 g/mol. The van der Waals surface area contributed by atoms with Crippen LogP contribution in [0.15, 0.2) is 54.7 Å². The molecule has 0 fully saturated rings. The number of aromatic carboxylic acids is 1. The van der Waals surface area contributed by atoms with Crippen molar-refractivity contribution in [2.24, 2.45) is 0 Å². The van der Waals surface area contributed by atoms with Crippen LogP contribution >= 0.6 is 0 Å². The van der Waals surface area contributed by atoms with Crippen molar-refractivity contribution in [3.63, 3.8) is 0 Å². The summed E-state index contributed by atoms with van der Waals surface area (Å²) in [7, 11) is 0. The summed E-state index contributed by atoms with van der Waals surface area (Å²) in [4.78, 5) is 26.9. The van der Waals surface area contributed by atoms with Crippen LogP contribution in [0.4, 0.5) is 5.82 Å². The van der Waals surface area contributed by atoms with Gasteiger partial charge in [-0.1, -0.05) is 12.1 Å². The van der Waals surface area contributed by atoms with E-state index >= 15 is 0 Å². The second-order valence-corrected chi connectivity index (χ2v) is 5.33. The highest BCUT2D eigenvalue weighted by molar-refractivity contribution is 6.04. The largest absolute Gasteiger partial charge is 0.478 e. The van der Waals surface area contributed by atoms with Crippen molar-refractivity contribution in [2.45, 2.75) is 6.92 Å². The number of hydrogen-bond acceptors (Lipinski definition) is 5. The van der Waals surface area contributed by atoms with Crippen LogP contribution in [0.3, 0.4) is 0 Å². The molecule has 0 unspecified atom stereocenters. The number of aromatic nitrogens is 3. The quantitative estimate of drug-likeness (QED) is 0.760. The molecule has 0 bridgehead atoms. The lowest BCUT2D eigenvalue weighted by Gasteiger charge is -2.06. The zero-order valence-electron chi connectivity index (χ0n) is 13.3. The Bertz CT molecular complexity index is 905. The maximum Gasteiger partial charge on any atom is 0.337 e. The van der Waals surface area contributed by atoms with Gasteiger partial charge in [0.2, 0.25) is 0 Å². The van der Waals surface area contributed by atoms with E-state index in [1.807, 2.05) is 19.1 Å². The summed E-state index contributed by atoms with van der Waals surface area (Å²) in [5, 5.41) is 19.6. The summed E-state index contributed by atoms with van der Waals surface area (Å²) < 4.78 is 0. The number of carboxylic acids is 1. The summed E-state index contributed by atoms with van der Waals surface area (Å²) >= 11 is 0. The number of carbonyl (C=O) groups is 2. The molecule has 124 valence electrons. The number of benzene rings is 1. The zero-order chi connectivity index (χ0) is 17.8. The molecule has 2 aromatic heterocycles. The first kappa shape index (κ1) is 16.3. The highest BCUT2D eigenvalue weighted by Crippen LogP contribution is 2.17. The Morgan fingerprint density at radius 3 is 2.20 bits per heavy atom. The normalized spacial score (nSPS) is 10.3. The molecule has 7 nitrogen and oxygen atoms in total. The van der Waals surface area contributed by atoms with Crippen molar-refractivity contribution in [2.75, 3.05) is 5.32 Å². The third kappa shape index (κ3) is 3.84. The van der Waals surface area contributed by atoms with E-state index in [4.69, 9.17) is 5.11 Å². The lowest BCUT2D eigenvalue weighted by molar-refractivity contribution is 0.0696. The molecule has 3 aromatic rings. The van der Waals surface area contributed by atoms with Gasteiger partial charge in [-0.3, -0.25) is 4.79 Å². The van der Waals surface area contributed by atoms with Crippen molar-refractivity contribution in [3.05, 3.63) is 71.5 Å². The van der Waals surface area contributed by atoms with Gasteiger partial charge in [-0.25, -0.2) is 9.78 Å². The third-order valence-corrected chi connectivity index (χ3v) is 3.49. The van der Waals surface area contributed by atoms with Gasteiger partial charge in [-0.2, -0.15) is 10.2 Å². The van der Waals surface area contributed by atoms with Crippen LogP contribution in [-0.2, 0) is 0 Å². The predicted octanol–water partition coefficient (Wildman–Crippen LogP) is 2.80. The molecular formula is C18H14N4O3. The molecule has 1 amide bonds. The first-order chi connectivity index (χ1) is 12.0. The van der Waals surface area contributed by atoms with E-state index in [9.17, 15) is 9.59 Å². The molecule has 0 spiro atoms. The second-order valence-electron chi connectivity index (χ2n) is 5.33. The maximum absolute atomic E-state index is 12.2. The Labute approximate surface area is 143 Å². The predicted molar refractivity (Wildman–Crippen MR) is 91.4 cm³/mol. The highest BCUT2D eigenvalue weighted by atomic mass is 16.4. The fourth-order valence-electron chi connectivity index (χ4n) is 2.13. The van der Waals surface area contributed by atoms with Gasteiger partial charge in [0.1, 0.15) is 5.82 Å². The Morgan fingerprint density at radius 2 is 1.64 bits per heavy atom. The second kappa shape index (κ2) is 6.88. The van der Waals surface area contributed by atoms with Crippen LogP contribution in [0.2, 0.25) is 0 Å². The first-order valence-corrected chi connectivity index (χ1v) is 7.44. The number of hydrogen-bond donors (Lipinski definition) is 2. The Morgan fingerprint density at radius 1 is 0.920 bits per heavy atom. The molecule has 0 saturated heterocycles. The molecule has 3 rings (SSSR count). The van der Waals surface area contributed by atoms with E-state index in [1.54, 1.807) is 24.3 Å². The van der Waals surface area contributed by atoms with E-state index in [0.717, 1.165) is 17.0 Å². The molecule has 7 heteroatoms. The molecule has 2 heterocycles. The number of carboxylic acid groups (broad SMARTS) is 1. The summed E-state index contributed by atoms with van der Waals surface area (Å²) in [5.41, 5.74) is 2.92. The summed E-state index contributed by atoms with van der Waals surface area (Å²) in [6.45, 7) is 1.86. The Kier molecular flexibility index (Phi) is 4.47. The number of pyridine rings is 1. The number of aryl methyl sites for hydroxylation is 1. The van der Waals surface area contributed by atoms with Gasteiger partial charge < -0.3 is 10.4 Å². The standard InChI is InChI=1S/C18H14N4O3/c1-11-2-8-15(22-21-11)12-3-5-13(6-4-12)17(23)20-16-9-7-14(10-19-16)18(24)25/h2-10H,1H3,(H,24,25)(H,19,20,23). The first-order valence-electron chi connectivity index (χ1n) is 7.44. The highest BCUT2D eigenvalue weighted by Gasteiger charge is 2.09. The lowest BCUT2D eigenvalue weighted by Crippen LogP contribution is -2.13. The third-order valence-electron chi connectivity index (χ3n) is 3.49. The molecule has 25 heavy (non-hydrogen) atoms. The van der Waals surface area contributed by atoms with E-state index in [-0.39, 0.29) is 17.3 Å². The van der Waals surface area contributed by atoms with Crippen molar-refractivity contribution in [1.82, 2.24) is 15.2 Å². The summed E-state index contributed by atoms with van der Waals surface area (Å²) in [5.74, 6) is -1.12. The minimum absolute atomic E-state index is 0.0570. The van der Waals surface area contributed by atoms with Crippen molar-refractivity contribution >= 4 is 17.7 Å². The summed E-state index contributed by atoms with van der Waals surface area (Å²) in [6.07, 6.45) is 1.19. The lowest BCUT2D eigenvalue weighted by atomic mass is 10.1. The van der Waals surface area contributed by atoms with E-state index in [0.29, 0.717) is 5.56 Å². The molecule has 0 aliphatic heterocycles. The Hall–Kier alpha value is -3.61. The molecule has 0 saturated carbocycles. The molecule has 0 aliphatic rings. The zero-order valence-corrected chi connectivity index (χ0v) is 13.3. The fraction of sp³-hybridized carbons (Fsp3) is 0.0556. The minimum atomic E-state index is -1.07. The topological polar surface area (TPSA) is 105 Å². The SMILES string of the molecule is Cc1ccc(-c2ccc(C(=O)Nc3ccc(C(=O)O)cn3)cc2)nn1. The number of nitrogens with zero attached hydrogens (tertiary/aromatic N) is 3. The molecule has 2 N–H and O–H groups in total. The van der Waals surface area contributed by atoms with Gasteiger partial charge in [0, 0.05) is 17.3 Å². The van der Waals surface area contributed by atoms with Crippen molar-refractivity contribution in [3.8, 4) is 11.3 Å². The van der Waals surface area contributed by atoms with Crippen molar-refractivity contribution < 1.29 is 14.7 Å². The van der Waals surface area contributed by atoms with Crippen molar-refractivity contribution in [1.29, 1.82) is 0 Å². The number of amides is 1. The smallest absolute Gasteiger partial charge is 0.337 e. The van der Waals surface area contributed by atoms with E-state index in [2.05, 4.69) is 20.5 Å². The number of nitrogens with one attached hydrogen (secondary N) is 1. The van der Waals surface area contributed by atoms with E-state index in [1.165, 1.54) is 18.3 Å². The number of carbonyl (C=O) groups excluding carboxylic acids is 1. The Balaban J connectivity index is 1.72. The van der Waals surface area contributed by atoms with Crippen LogP contribution < -0.4 is 5.32 Å². The average Bonchev–Trinajstić information content (AvgIpc) is 2.63. The monoisotopic (exact) mass is 334 g/mol. The van der Waals surface area contributed by atoms with Gasteiger partial charge in [0.05, 0.1) is 17.0 Å². The van der Waals surface area contributed by atoms with Crippen LogP contribution in [0.5, 0.6) is 0 Å². The molecule has 1 aromatic carbocycles. The van der Waals surface area contributed by atoms with Crippen LogP contribution in [0, 0.1) is 6.92 Å².